The van der Waals surface area contributed by atoms with Gasteiger partial charge in [0.05, 0.1) is 12.3 Å². The van der Waals surface area contributed by atoms with Crippen molar-refractivity contribution >= 4 is 11.9 Å². The molecule has 2 atom stereocenters. The fourth-order valence-corrected chi connectivity index (χ4v) is 2.96. The van der Waals surface area contributed by atoms with Crippen LogP contribution in [0.2, 0.25) is 0 Å². The van der Waals surface area contributed by atoms with E-state index in [4.69, 9.17) is 5.73 Å². The zero-order chi connectivity index (χ0) is 15.2. The van der Waals surface area contributed by atoms with Gasteiger partial charge in [-0.1, -0.05) is 37.1 Å². The maximum Gasteiger partial charge on any atom is 0.308 e. The number of hydrogen-bond donors (Lipinski definition) is 3. The first-order valence-corrected chi connectivity index (χ1v) is 7.41. The highest BCUT2D eigenvalue weighted by Crippen LogP contribution is 2.24. The molecular weight excluding hydrogens is 268 g/mol. The average Bonchev–Trinajstić information content (AvgIpc) is 2.48. The van der Waals surface area contributed by atoms with E-state index in [-0.39, 0.29) is 18.4 Å². The van der Waals surface area contributed by atoms with Crippen LogP contribution in [0.15, 0.2) is 24.3 Å². The molecule has 5 heteroatoms. The van der Waals surface area contributed by atoms with E-state index in [9.17, 15) is 14.7 Å². The van der Waals surface area contributed by atoms with Gasteiger partial charge in [-0.25, -0.2) is 0 Å². The van der Waals surface area contributed by atoms with Crippen molar-refractivity contribution in [2.24, 2.45) is 11.7 Å². The molecule has 0 saturated heterocycles. The topological polar surface area (TPSA) is 92.4 Å². The molecule has 114 valence electrons. The minimum atomic E-state index is -0.817. The lowest BCUT2D eigenvalue weighted by Crippen LogP contribution is -2.45. The third-order valence-corrected chi connectivity index (χ3v) is 4.12. The zero-order valence-corrected chi connectivity index (χ0v) is 12.0. The van der Waals surface area contributed by atoms with Gasteiger partial charge in [0.2, 0.25) is 5.91 Å². The quantitative estimate of drug-likeness (QED) is 0.765. The van der Waals surface area contributed by atoms with Crippen molar-refractivity contribution in [1.29, 1.82) is 0 Å². The number of carboxylic acid groups (broad SMARTS) is 1. The van der Waals surface area contributed by atoms with Crippen LogP contribution in [0.3, 0.4) is 0 Å². The Labute approximate surface area is 124 Å². The molecule has 0 heterocycles. The Balaban J connectivity index is 1.99. The summed E-state index contributed by atoms with van der Waals surface area (Å²) in [4.78, 5) is 23.4. The van der Waals surface area contributed by atoms with Crippen molar-refractivity contribution < 1.29 is 14.7 Å². The first-order chi connectivity index (χ1) is 10.1. The monoisotopic (exact) mass is 290 g/mol. The molecule has 2 rings (SSSR count). The molecule has 1 aromatic rings. The molecular formula is C16H22N2O3. The van der Waals surface area contributed by atoms with Gasteiger partial charge in [0.1, 0.15) is 0 Å². The third-order valence-electron chi connectivity index (χ3n) is 4.12. The predicted molar refractivity (Wildman–Crippen MR) is 79.6 cm³/mol. The van der Waals surface area contributed by atoms with Gasteiger partial charge in [0.25, 0.3) is 0 Å². The lowest BCUT2D eigenvalue weighted by atomic mass is 9.84. The summed E-state index contributed by atoms with van der Waals surface area (Å²) in [6.45, 7) is 0.393. The van der Waals surface area contributed by atoms with Gasteiger partial charge in [0, 0.05) is 12.6 Å². The normalized spacial score (nSPS) is 21.8. The Morgan fingerprint density at radius 1 is 1.19 bits per heavy atom. The second-order valence-corrected chi connectivity index (χ2v) is 5.55. The van der Waals surface area contributed by atoms with E-state index in [1.807, 2.05) is 24.3 Å². The highest BCUT2D eigenvalue weighted by atomic mass is 16.4. The summed E-state index contributed by atoms with van der Waals surface area (Å²) in [6, 6.07) is 7.31. The Morgan fingerprint density at radius 3 is 2.52 bits per heavy atom. The molecule has 0 bridgehead atoms. The van der Waals surface area contributed by atoms with E-state index in [0.29, 0.717) is 13.0 Å². The van der Waals surface area contributed by atoms with E-state index in [2.05, 4.69) is 5.32 Å². The summed E-state index contributed by atoms with van der Waals surface area (Å²) in [6.07, 6.45) is 3.50. The van der Waals surface area contributed by atoms with Crippen molar-refractivity contribution in [2.45, 2.75) is 44.7 Å². The van der Waals surface area contributed by atoms with Crippen LogP contribution in [0.4, 0.5) is 0 Å². The van der Waals surface area contributed by atoms with Crippen LogP contribution >= 0.6 is 0 Å². The van der Waals surface area contributed by atoms with Crippen LogP contribution in [0.5, 0.6) is 0 Å². The Bertz CT molecular complexity index is 516. The number of rotatable bonds is 5. The molecule has 1 fully saturated rings. The lowest BCUT2D eigenvalue weighted by molar-refractivity contribution is -0.144. The fourth-order valence-electron chi connectivity index (χ4n) is 2.96. The number of carbonyl (C=O) groups excluding carboxylic acids is 1. The molecule has 1 saturated carbocycles. The van der Waals surface area contributed by atoms with Crippen LogP contribution in [-0.4, -0.2) is 23.0 Å². The highest BCUT2D eigenvalue weighted by Gasteiger charge is 2.31. The predicted octanol–water partition coefficient (Wildman–Crippen LogP) is 1.45. The minimum absolute atomic E-state index is 0.131. The molecule has 21 heavy (non-hydrogen) atoms. The number of amides is 1. The number of hydrogen-bond acceptors (Lipinski definition) is 3. The van der Waals surface area contributed by atoms with Crippen molar-refractivity contribution in [3.05, 3.63) is 35.4 Å². The molecule has 1 aromatic carbocycles. The number of benzene rings is 1. The lowest BCUT2D eigenvalue weighted by Gasteiger charge is -2.29. The molecule has 5 nitrogen and oxygen atoms in total. The smallest absolute Gasteiger partial charge is 0.308 e. The minimum Gasteiger partial charge on any atom is -0.481 e. The first kappa shape index (κ1) is 15.5. The highest BCUT2D eigenvalue weighted by molar-refractivity contribution is 5.80. The van der Waals surface area contributed by atoms with E-state index in [1.165, 1.54) is 0 Å². The van der Waals surface area contributed by atoms with Crippen LogP contribution in [0.1, 0.15) is 36.8 Å². The number of carboxylic acids is 1. The molecule has 1 aliphatic carbocycles. The number of carbonyl (C=O) groups is 2. The summed E-state index contributed by atoms with van der Waals surface area (Å²) in [5.41, 5.74) is 7.52. The van der Waals surface area contributed by atoms with E-state index in [1.54, 1.807) is 0 Å². The summed E-state index contributed by atoms with van der Waals surface area (Å²) < 4.78 is 0. The molecule has 1 aliphatic rings. The van der Waals surface area contributed by atoms with Crippen LogP contribution in [0.25, 0.3) is 0 Å². The number of nitrogens with one attached hydrogen (secondary N) is 1. The van der Waals surface area contributed by atoms with E-state index >= 15 is 0 Å². The fraction of sp³-hybridized carbons (Fsp3) is 0.500. The van der Waals surface area contributed by atoms with Crippen LogP contribution in [0, 0.1) is 5.92 Å². The largest absolute Gasteiger partial charge is 0.481 e. The zero-order valence-electron chi connectivity index (χ0n) is 12.0. The standard InChI is InChI=1S/C16H22N2O3/c17-10-12-6-2-1-5-11(12)9-15(19)18-14-8-4-3-7-13(14)16(20)21/h1-2,5-6,13-14H,3-4,7-10,17H2,(H,18,19)(H,20,21). The van der Waals surface area contributed by atoms with Gasteiger partial charge in [0.15, 0.2) is 0 Å². The molecule has 0 spiro atoms. The summed E-state index contributed by atoms with van der Waals surface area (Å²) in [5.74, 6) is -1.41. The Morgan fingerprint density at radius 2 is 1.86 bits per heavy atom. The van der Waals surface area contributed by atoms with Crippen molar-refractivity contribution in [3.8, 4) is 0 Å². The van der Waals surface area contributed by atoms with E-state index in [0.717, 1.165) is 30.4 Å². The summed E-state index contributed by atoms with van der Waals surface area (Å²) in [5, 5.41) is 12.1. The van der Waals surface area contributed by atoms with Gasteiger partial charge < -0.3 is 16.2 Å². The summed E-state index contributed by atoms with van der Waals surface area (Å²) >= 11 is 0. The van der Waals surface area contributed by atoms with Gasteiger partial charge >= 0.3 is 5.97 Å². The van der Waals surface area contributed by atoms with Crippen molar-refractivity contribution in [3.63, 3.8) is 0 Å². The van der Waals surface area contributed by atoms with Gasteiger partial charge in [-0.05, 0) is 24.0 Å². The third kappa shape index (κ3) is 4.04. The Kier molecular flexibility index (Phi) is 5.33. The second-order valence-electron chi connectivity index (χ2n) is 5.55. The summed E-state index contributed by atoms with van der Waals surface area (Å²) in [7, 11) is 0. The maximum absolute atomic E-state index is 12.2. The van der Waals surface area contributed by atoms with Crippen molar-refractivity contribution in [2.75, 3.05) is 0 Å². The van der Waals surface area contributed by atoms with Crippen molar-refractivity contribution in [1.82, 2.24) is 5.32 Å². The molecule has 0 aliphatic heterocycles. The molecule has 0 aromatic heterocycles. The van der Waals surface area contributed by atoms with Gasteiger partial charge in [-0.15, -0.1) is 0 Å². The average molecular weight is 290 g/mol. The van der Waals surface area contributed by atoms with Gasteiger partial charge in [-0.3, -0.25) is 9.59 Å². The van der Waals surface area contributed by atoms with Gasteiger partial charge in [-0.2, -0.15) is 0 Å². The molecule has 2 unspecified atom stereocenters. The molecule has 0 radical (unpaired) electrons. The molecule has 4 N–H and O–H groups in total. The Hall–Kier alpha value is -1.88. The second kappa shape index (κ2) is 7.22. The first-order valence-electron chi connectivity index (χ1n) is 7.41. The SMILES string of the molecule is NCc1ccccc1CC(=O)NC1CCCCC1C(=O)O. The van der Waals surface area contributed by atoms with Crippen LogP contribution in [-0.2, 0) is 22.6 Å². The number of nitrogens with two attached hydrogens (primary N) is 1. The van der Waals surface area contributed by atoms with E-state index < -0.39 is 11.9 Å². The maximum atomic E-state index is 12.2. The number of aliphatic carboxylic acids is 1. The van der Waals surface area contributed by atoms with Crippen LogP contribution < -0.4 is 11.1 Å². The molecule has 1 amide bonds.